The fourth-order valence-electron chi connectivity index (χ4n) is 1.86. The van der Waals surface area contributed by atoms with E-state index in [4.69, 9.17) is 0 Å². The third kappa shape index (κ3) is 1.03. The zero-order valence-corrected chi connectivity index (χ0v) is 6.65. The summed E-state index contributed by atoms with van der Waals surface area (Å²) in [4.78, 5) is 0. The molecule has 2 atom stereocenters. The van der Waals surface area contributed by atoms with Crippen LogP contribution in [0, 0.1) is 11.8 Å². The summed E-state index contributed by atoms with van der Waals surface area (Å²) < 4.78 is 0. The standard InChI is InChI=1S/C9H16/c1-4-8-6-7(3)9(8)5-2/h5,7-8H,4,6H2,1-3H3. The van der Waals surface area contributed by atoms with E-state index < -0.39 is 0 Å². The Bertz CT molecular complexity index is 122. The van der Waals surface area contributed by atoms with Crippen molar-refractivity contribution in [3.8, 4) is 0 Å². The second kappa shape index (κ2) is 2.55. The lowest BCUT2D eigenvalue weighted by molar-refractivity contribution is 0.327. The Kier molecular flexibility index (Phi) is 1.94. The van der Waals surface area contributed by atoms with E-state index in [0.717, 1.165) is 11.8 Å². The molecule has 2 unspecified atom stereocenters. The highest BCUT2D eigenvalue weighted by Gasteiger charge is 2.28. The highest BCUT2D eigenvalue weighted by atomic mass is 14.3. The predicted molar refractivity (Wildman–Crippen MR) is 41.3 cm³/mol. The van der Waals surface area contributed by atoms with Crippen LogP contribution < -0.4 is 0 Å². The third-order valence-corrected chi connectivity index (χ3v) is 2.50. The van der Waals surface area contributed by atoms with Crippen LogP contribution in [0.25, 0.3) is 0 Å². The molecule has 0 spiro atoms. The fourth-order valence-corrected chi connectivity index (χ4v) is 1.86. The van der Waals surface area contributed by atoms with Crippen molar-refractivity contribution in [1.29, 1.82) is 0 Å². The van der Waals surface area contributed by atoms with Gasteiger partial charge in [-0.05, 0) is 31.6 Å². The maximum Gasteiger partial charge on any atom is -0.0198 e. The molecule has 1 rings (SSSR count). The molecule has 0 N–H and O–H groups in total. The van der Waals surface area contributed by atoms with Crippen LogP contribution in [0.3, 0.4) is 0 Å². The molecule has 0 nitrogen and oxygen atoms in total. The minimum atomic E-state index is 0.889. The van der Waals surface area contributed by atoms with Crippen LogP contribution in [-0.4, -0.2) is 0 Å². The van der Waals surface area contributed by atoms with Crippen LogP contribution in [0.4, 0.5) is 0 Å². The zero-order chi connectivity index (χ0) is 6.85. The molecule has 0 aromatic rings. The zero-order valence-electron chi connectivity index (χ0n) is 6.65. The predicted octanol–water partition coefficient (Wildman–Crippen LogP) is 3.00. The van der Waals surface area contributed by atoms with Gasteiger partial charge in [0.1, 0.15) is 0 Å². The second-order valence-corrected chi connectivity index (χ2v) is 3.03. The van der Waals surface area contributed by atoms with E-state index in [1.807, 2.05) is 0 Å². The first-order chi connectivity index (χ1) is 4.29. The van der Waals surface area contributed by atoms with Crippen molar-refractivity contribution in [3.63, 3.8) is 0 Å². The highest BCUT2D eigenvalue weighted by molar-refractivity contribution is 5.17. The molecule has 1 saturated carbocycles. The lowest BCUT2D eigenvalue weighted by Gasteiger charge is -2.36. The molecule has 0 heteroatoms. The Morgan fingerprint density at radius 2 is 2.33 bits per heavy atom. The van der Waals surface area contributed by atoms with E-state index in [1.54, 1.807) is 5.57 Å². The van der Waals surface area contributed by atoms with Crippen molar-refractivity contribution < 1.29 is 0 Å². The molecule has 0 aromatic heterocycles. The van der Waals surface area contributed by atoms with Gasteiger partial charge in [-0.15, -0.1) is 0 Å². The molecule has 0 radical (unpaired) electrons. The lowest BCUT2D eigenvalue weighted by atomic mass is 9.69. The van der Waals surface area contributed by atoms with Crippen LogP contribution in [0.5, 0.6) is 0 Å². The van der Waals surface area contributed by atoms with Crippen LogP contribution in [0.15, 0.2) is 11.6 Å². The van der Waals surface area contributed by atoms with Gasteiger partial charge in [0.2, 0.25) is 0 Å². The van der Waals surface area contributed by atoms with E-state index in [1.165, 1.54) is 12.8 Å². The minimum Gasteiger partial charge on any atom is -0.0879 e. The van der Waals surface area contributed by atoms with Gasteiger partial charge in [0, 0.05) is 0 Å². The topological polar surface area (TPSA) is 0 Å². The van der Waals surface area contributed by atoms with Crippen molar-refractivity contribution in [3.05, 3.63) is 11.6 Å². The first-order valence-corrected chi connectivity index (χ1v) is 3.95. The van der Waals surface area contributed by atoms with Gasteiger partial charge in [-0.2, -0.15) is 0 Å². The summed E-state index contributed by atoms with van der Waals surface area (Å²) in [6.45, 7) is 6.76. The molecule has 0 heterocycles. The van der Waals surface area contributed by atoms with Crippen molar-refractivity contribution in [2.75, 3.05) is 0 Å². The van der Waals surface area contributed by atoms with Crippen LogP contribution >= 0.6 is 0 Å². The average molecular weight is 124 g/mol. The summed E-state index contributed by atoms with van der Waals surface area (Å²) >= 11 is 0. The van der Waals surface area contributed by atoms with Crippen LogP contribution in [0.1, 0.15) is 33.6 Å². The number of hydrogen-bond acceptors (Lipinski definition) is 0. The summed E-state index contributed by atoms with van der Waals surface area (Å²) in [5.41, 5.74) is 1.69. The Hall–Kier alpha value is -0.260. The first kappa shape index (κ1) is 6.85. The van der Waals surface area contributed by atoms with Gasteiger partial charge in [0.25, 0.3) is 0 Å². The lowest BCUT2D eigenvalue weighted by Crippen LogP contribution is -2.24. The number of hydrogen-bond donors (Lipinski definition) is 0. The second-order valence-electron chi connectivity index (χ2n) is 3.03. The summed E-state index contributed by atoms with van der Waals surface area (Å²) in [6, 6.07) is 0. The van der Waals surface area contributed by atoms with Crippen LogP contribution in [0.2, 0.25) is 0 Å². The van der Waals surface area contributed by atoms with E-state index in [2.05, 4.69) is 26.8 Å². The molecule has 0 aromatic carbocycles. The van der Waals surface area contributed by atoms with E-state index in [0.29, 0.717) is 0 Å². The molecular weight excluding hydrogens is 108 g/mol. The van der Waals surface area contributed by atoms with E-state index in [9.17, 15) is 0 Å². The molecule has 0 aliphatic heterocycles. The number of rotatable bonds is 1. The van der Waals surface area contributed by atoms with Gasteiger partial charge in [0.15, 0.2) is 0 Å². The monoisotopic (exact) mass is 124 g/mol. The molecule has 1 aliphatic carbocycles. The SMILES string of the molecule is CC=C1C(C)CC1CC. The van der Waals surface area contributed by atoms with E-state index >= 15 is 0 Å². The van der Waals surface area contributed by atoms with Crippen LogP contribution in [-0.2, 0) is 0 Å². The molecule has 1 fully saturated rings. The Morgan fingerprint density at radius 1 is 1.67 bits per heavy atom. The Labute approximate surface area is 58.0 Å². The number of allylic oxidation sites excluding steroid dienone is 2. The van der Waals surface area contributed by atoms with Crippen molar-refractivity contribution >= 4 is 0 Å². The summed E-state index contributed by atoms with van der Waals surface area (Å²) in [7, 11) is 0. The van der Waals surface area contributed by atoms with Gasteiger partial charge < -0.3 is 0 Å². The normalized spacial score (nSPS) is 38.8. The molecular formula is C9H16. The van der Waals surface area contributed by atoms with Crippen molar-refractivity contribution in [2.45, 2.75) is 33.6 Å². The molecule has 1 aliphatic rings. The molecule has 0 bridgehead atoms. The molecule has 0 amide bonds. The molecule has 9 heavy (non-hydrogen) atoms. The summed E-state index contributed by atoms with van der Waals surface area (Å²) in [6.07, 6.45) is 5.06. The van der Waals surface area contributed by atoms with Crippen molar-refractivity contribution in [1.82, 2.24) is 0 Å². The summed E-state index contributed by atoms with van der Waals surface area (Å²) in [5, 5.41) is 0. The minimum absolute atomic E-state index is 0.889. The average Bonchev–Trinajstić information content (AvgIpc) is 1.83. The molecule has 52 valence electrons. The molecule has 0 saturated heterocycles. The summed E-state index contributed by atoms with van der Waals surface area (Å²) in [5.74, 6) is 1.82. The van der Waals surface area contributed by atoms with Gasteiger partial charge in [0.05, 0.1) is 0 Å². The van der Waals surface area contributed by atoms with Gasteiger partial charge >= 0.3 is 0 Å². The third-order valence-electron chi connectivity index (χ3n) is 2.50. The van der Waals surface area contributed by atoms with E-state index in [-0.39, 0.29) is 0 Å². The maximum atomic E-state index is 2.32. The fraction of sp³-hybridized carbons (Fsp3) is 0.778. The van der Waals surface area contributed by atoms with Gasteiger partial charge in [-0.3, -0.25) is 0 Å². The first-order valence-electron chi connectivity index (χ1n) is 3.95. The Morgan fingerprint density at radius 3 is 2.56 bits per heavy atom. The largest absolute Gasteiger partial charge is 0.0879 e. The maximum absolute atomic E-state index is 2.32. The Balaban J connectivity index is 2.48. The quantitative estimate of drug-likeness (QED) is 0.471. The van der Waals surface area contributed by atoms with Gasteiger partial charge in [-0.25, -0.2) is 0 Å². The van der Waals surface area contributed by atoms with Crippen molar-refractivity contribution in [2.24, 2.45) is 11.8 Å². The highest BCUT2D eigenvalue weighted by Crippen LogP contribution is 2.40. The smallest absolute Gasteiger partial charge is 0.0198 e. The van der Waals surface area contributed by atoms with Gasteiger partial charge in [-0.1, -0.05) is 25.5 Å².